The van der Waals surface area contributed by atoms with Crippen LogP contribution in [0.1, 0.15) is 45.0 Å². The number of hydrogen-bond acceptors (Lipinski definition) is 7. The lowest BCUT2D eigenvalue weighted by atomic mass is 10.1. The molecule has 0 spiro atoms. The summed E-state index contributed by atoms with van der Waals surface area (Å²) in [6, 6.07) is 6.87. The minimum absolute atomic E-state index is 0.00355. The van der Waals surface area contributed by atoms with E-state index >= 15 is 0 Å². The van der Waals surface area contributed by atoms with E-state index in [-0.39, 0.29) is 41.1 Å². The Morgan fingerprint density at radius 2 is 1.67 bits per heavy atom. The minimum Gasteiger partial charge on any atom is -0.462 e. The number of carbonyl (C=O) groups is 3. The second-order valence-electron chi connectivity index (χ2n) is 6.01. The molecule has 1 aromatic carbocycles. The normalized spacial score (nSPS) is 10.3. The molecule has 2 aromatic rings. The van der Waals surface area contributed by atoms with Gasteiger partial charge in [-0.25, -0.2) is 9.59 Å². The van der Waals surface area contributed by atoms with E-state index in [2.05, 4.69) is 10.6 Å². The molecule has 1 amide bonds. The second-order valence-corrected chi connectivity index (χ2v) is 7.87. The highest BCUT2D eigenvalue weighted by Crippen LogP contribution is 2.34. The number of ether oxygens (including phenoxy) is 2. The highest BCUT2D eigenvalue weighted by Gasteiger charge is 2.27. The molecule has 0 bridgehead atoms. The first kappa shape index (κ1) is 23.8. The Kier molecular flexibility index (Phi) is 8.76. The van der Waals surface area contributed by atoms with E-state index in [1.54, 1.807) is 45.0 Å². The molecule has 0 radical (unpaired) electrons. The molecule has 0 aliphatic carbocycles. The van der Waals surface area contributed by atoms with Crippen LogP contribution in [0.2, 0.25) is 5.02 Å². The summed E-state index contributed by atoms with van der Waals surface area (Å²) in [5.74, 6) is -1.48. The smallest absolute Gasteiger partial charge is 0.348 e. The third-order valence-corrected chi connectivity index (χ3v) is 5.49. The number of thiocarbonyl (C=S) groups is 1. The topological polar surface area (TPSA) is 93.7 Å². The van der Waals surface area contributed by atoms with Crippen molar-refractivity contribution in [3.8, 4) is 0 Å². The number of esters is 2. The zero-order valence-corrected chi connectivity index (χ0v) is 19.1. The van der Waals surface area contributed by atoms with Gasteiger partial charge in [-0.15, -0.1) is 11.3 Å². The second kappa shape index (κ2) is 11.1. The van der Waals surface area contributed by atoms with Crippen LogP contribution in [0, 0.1) is 6.92 Å². The van der Waals surface area contributed by atoms with Crippen molar-refractivity contribution < 1.29 is 23.9 Å². The number of carbonyl (C=O) groups excluding carboxylic acids is 3. The first-order chi connectivity index (χ1) is 14.3. The van der Waals surface area contributed by atoms with Crippen molar-refractivity contribution in [1.29, 1.82) is 0 Å². The third kappa shape index (κ3) is 6.25. The van der Waals surface area contributed by atoms with Gasteiger partial charge in [0.1, 0.15) is 9.88 Å². The minimum atomic E-state index is -0.598. The van der Waals surface area contributed by atoms with Gasteiger partial charge in [-0.3, -0.25) is 4.79 Å². The molecule has 0 aliphatic rings. The first-order valence-electron chi connectivity index (χ1n) is 9.09. The van der Waals surface area contributed by atoms with Crippen molar-refractivity contribution in [2.45, 2.75) is 27.2 Å². The van der Waals surface area contributed by atoms with E-state index in [9.17, 15) is 14.4 Å². The summed E-state index contributed by atoms with van der Waals surface area (Å²) < 4.78 is 10.1. The van der Waals surface area contributed by atoms with Gasteiger partial charge in [0.25, 0.3) is 0 Å². The molecule has 7 nitrogen and oxygen atoms in total. The Morgan fingerprint density at radius 1 is 1.07 bits per heavy atom. The molecule has 1 heterocycles. The van der Waals surface area contributed by atoms with Gasteiger partial charge in [-0.2, -0.15) is 0 Å². The Hall–Kier alpha value is -2.49. The molecule has 160 valence electrons. The lowest BCUT2D eigenvalue weighted by Gasteiger charge is -2.10. The molecule has 0 atom stereocenters. The van der Waals surface area contributed by atoms with Crippen LogP contribution in [0.4, 0.5) is 5.00 Å². The molecule has 0 fully saturated rings. The summed E-state index contributed by atoms with van der Waals surface area (Å²) in [5, 5.41) is 6.25. The number of amides is 1. The van der Waals surface area contributed by atoms with E-state index in [0.29, 0.717) is 15.6 Å². The lowest BCUT2D eigenvalue weighted by Crippen LogP contribution is -2.35. The van der Waals surface area contributed by atoms with Crippen LogP contribution >= 0.6 is 35.2 Å². The molecule has 1 aromatic heterocycles. The number of thiophene rings is 1. The predicted molar refractivity (Wildman–Crippen MR) is 120 cm³/mol. The highest BCUT2D eigenvalue weighted by molar-refractivity contribution is 7.80. The molecule has 10 heteroatoms. The van der Waals surface area contributed by atoms with Gasteiger partial charge in [0.2, 0.25) is 5.91 Å². The molecule has 2 N–H and O–H groups in total. The summed E-state index contributed by atoms with van der Waals surface area (Å²) >= 11 is 12.1. The summed E-state index contributed by atoms with van der Waals surface area (Å²) in [7, 11) is 0. The van der Waals surface area contributed by atoms with E-state index in [0.717, 1.165) is 16.9 Å². The molecule has 0 aliphatic heterocycles. The van der Waals surface area contributed by atoms with Gasteiger partial charge < -0.3 is 20.1 Å². The summed E-state index contributed by atoms with van der Waals surface area (Å²) in [4.78, 5) is 37.1. The summed E-state index contributed by atoms with van der Waals surface area (Å²) in [6.07, 6.45) is 0.0985. The molecule has 0 unspecified atom stereocenters. The number of hydrogen-bond donors (Lipinski definition) is 2. The molecule has 30 heavy (non-hydrogen) atoms. The van der Waals surface area contributed by atoms with Crippen LogP contribution < -0.4 is 10.6 Å². The monoisotopic (exact) mass is 468 g/mol. The average Bonchev–Trinajstić information content (AvgIpc) is 2.99. The fourth-order valence-corrected chi connectivity index (χ4v) is 4.03. The lowest BCUT2D eigenvalue weighted by molar-refractivity contribution is -0.119. The SMILES string of the molecule is CCOC(=O)c1sc(NC(=S)NC(=O)Cc2ccc(Cl)cc2)c(C(=O)OCC)c1C. The maximum absolute atomic E-state index is 12.4. The van der Waals surface area contributed by atoms with Crippen molar-refractivity contribution in [2.75, 3.05) is 18.5 Å². The van der Waals surface area contributed by atoms with Gasteiger partial charge in [0, 0.05) is 5.02 Å². The van der Waals surface area contributed by atoms with E-state index in [4.69, 9.17) is 33.3 Å². The zero-order valence-electron chi connectivity index (χ0n) is 16.7. The van der Waals surface area contributed by atoms with Gasteiger partial charge >= 0.3 is 11.9 Å². The molecule has 0 saturated carbocycles. The Balaban J connectivity index is 2.16. The molecular formula is C20H21ClN2O5S2. The molecular weight excluding hydrogens is 448 g/mol. The average molecular weight is 469 g/mol. The Labute approximate surface area is 188 Å². The highest BCUT2D eigenvalue weighted by atomic mass is 35.5. The number of nitrogens with one attached hydrogen (secondary N) is 2. The number of halogens is 1. The van der Waals surface area contributed by atoms with E-state index in [1.165, 1.54) is 0 Å². The van der Waals surface area contributed by atoms with Crippen molar-refractivity contribution in [3.63, 3.8) is 0 Å². The first-order valence-corrected chi connectivity index (χ1v) is 10.7. The van der Waals surface area contributed by atoms with E-state index < -0.39 is 11.9 Å². The van der Waals surface area contributed by atoms with Crippen molar-refractivity contribution in [3.05, 3.63) is 50.9 Å². The van der Waals surface area contributed by atoms with E-state index in [1.807, 2.05) is 0 Å². The predicted octanol–water partition coefficient (Wildman–Crippen LogP) is 4.12. The maximum atomic E-state index is 12.4. The zero-order chi connectivity index (χ0) is 22.3. The fourth-order valence-electron chi connectivity index (χ4n) is 2.53. The summed E-state index contributed by atoms with van der Waals surface area (Å²) in [5.41, 5.74) is 1.37. The van der Waals surface area contributed by atoms with Crippen LogP contribution in [0.15, 0.2) is 24.3 Å². The van der Waals surface area contributed by atoms with Gasteiger partial charge in [0.05, 0.1) is 25.2 Å². The molecule has 2 rings (SSSR count). The van der Waals surface area contributed by atoms with Gasteiger partial charge in [-0.1, -0.05) is 23.7 Å². The van der Waals surface area contributed by atoms with Crippen LogP contribution in [0.5, 0.6) is 0 Å². The molecule has 0 saturated heterocycles. The summed E-state index contributed by atoms with van der Waals surface area (Å²) in [6.45, 7) is 5.37. The van der Waals surface area contributed by atoms with Crippen LogP contribution in [-0.4, -0.2) is 36.2 Å². The van der Waals surface area contributed by atoms with Crippen LogP contribution in [-0.2, 0) is 20.7 Å². The standard InChI is InChI=1S/C20H21ClN2O5S2/c1-4-27-18(25)15-11(3)16(19(26)28-5-2)30-17(15)23-20(29)22-14(24)10-12-6-8-13(21)9-7-12/h6-9H,4-5,10H2,1-3H3,(H2,22,23,24,29). The third-order valence-electron chi connectivity index (χ3n) is 3.85. The Morgan fingerprint density at radius 3 is 2.27 bits per heavy atom. The van der Waals surface area contributed by atoms with Crippen molar-refractivity contribution in [2.24, 2.45) is 0 Å². The largest absolute Gasteiger partial charge is 0.462 e. The van der Waals surface area contributed by atoms with Gasteiger partial charge in [-0.05, 0) is 56.2 Å². The maximum Gasteiger partial charge on any atom is 0.348 e. The number of anilines is 1. The van der Waals surface area contributed by atoms with Gasteiger partial charge in [0.15, 0.2) is 5.11 Å². The Bertz CT molecular complexity index is 957. The van der Waals surface area contributed by atoms with Crippen molar-refractivity contribution >= 4 is 63.1 Å². The number of rotatable bonds is 7. The quantitative estimate of drug-likeness (QED) is 0.466. The van der Waals surface area contributed by atoms with Crippen molar-refractivity contribution in [1.82, 2.24) is 5.32 Å². The van der Waals surface area contributed by atoms with Crippen LogP contribution in [0.3, 0.4) is 0 Å². The van der Waals surface area contributed by atoms with Crippen LogP contribution in [0.25, 0.3) is 0 Å². The number of benzene rings is 1. The fraction of sp³-hybridized carbons (Fsp3) is 0.300.